The molecule has 2 heterocycles. The lowest BCUT2D eigenvalue weighted by Gasteiger charge is -2.42. The Kier molecular flexibility index (Phi) is 11.6. The molecule has 0 saturated carbocycles. The largest absolute Gasteiger partial charge is 0.497 e. The zero-order valence-electron chi connectivity index (χ0n) is 26.9. The summed E-state index contributed by atoms with van der Waals surface area (Å²) >= 11 is 0. The van der Waals surface area contributed by atoms with Gasteiger partial charge in [0.2, 0.25) is 0 Å². The molecular formula is C36H47N5O3. The van der Waals surface area contributed by atoms with E-state index in [1.165, 1.54) is 16.8 Å². The van der Waals surface area contributed by atoms with Crippen LogP contribution in [0.2, 0.25) is 0 Å². The maximum Gasteiger partial charge on any atom is 0.251 e. The van der Waals surface area contributed by atoms with E-state index in [0.29, 0.717) is 36.3 Å². The SMILES string of the molecule is C=CCNC(=O)c1cc(C)c(C(=O)NCC[C@@H](C)N2CCC(N(Cc3cnccc3C)c3ccc(OC)cc3)CC2)c(C)c1. The van der Waals surface area contributed by atoms with Crippen LogP contribution in [-0.4, -0.2) is 67.1 Å². The molecule has 234 valence electrons. The number of piperidine rings is 1. The van der Waals surface area contributed by atoms with Crippen molar-refractivity contribution in [2.45, 2.75) is 65.6 Å². The number of rotatable bonds is 13. The normalized spacial score (nSPS) is 14.5. The van der Waals surface area contributed by atoms with Crippen molar-refractivity contribution in [1.82, 2.24) is 20.5 Å². The van der Waals surface area contributed by atoms with Crippen LogP contribution >= 0.6 is 0 Å². The predicted molar refractivity (Wildman–Crippen MR) is 178 cm³/mol. The van der Waals surface area contributed by atoms with Crippen LogP contribution in [0.5, 0.6) is 5.75 Å². The van der Waals surface area contributed by atoms with Gasteiger partial charge in [-0.15, -0.1) is 6.58 Å². The standard InChI is InChI=1S/C36H47N5O3/c1-7-16-38-35(42)29-21-26(3)34(27(4)22-29)36(43)39-18-13-28(5)40-19-14-32(15-20-40)41(24-30-23-37-17-12-25(30)2)31-8-10-33(44-6)11-9-31/h7-12,17,21-23,28,32H,1,13-16,18-20,24H2,2-6H3,(H,38,42)(H,39,43)/t28-/m1/s1. The van der Waals surface area contributed by atoms with E-state index in [0.717, 1.165) is 55.8 Å². The molecule has 0 spiro atoms. The molecule has 0 radical (unpaired) electrons. The van der Waals surface area contributed by atoms with Gasteiger partial charge in [-0.2, -0.15) is 0 Å². The van der Waals surface area contributed by atoms with E-state index in [9.17, 15) is 9.59 Å². The first-order valence-electron chi connectivity index (χ1n) is 15.5. The van der Waals surface area contributed by atoms with Crippen LogP contribution < -0.4 is 20.3 Å². The van der Waals surface area contributed by atoms with Gasteiger partial charge in [-0.05, 0) is 112 Å². The number of aromatic nitrogens is 1. The fourth-order valence-electron chi connectivity index (χ4n) is 6.07. The van der Waals surface area contributed by atoms with Gasteiger partial charge in [0.15, 0.2) is 0 Å². The number of hydrogen-bond acceptors (Lipinski definition) is 6. The van der Waals surface area contributed by atoms with Gasteiger partial charge in [0.25, 0.3) is 11.8 Å². The molecular weight excluding hydrogens is 550 g/mol. The molecule has 1 aliphatic rings. The molecule has 1 aliphatic heterocycles. The highest BCUT2D eigenvalue weighted by Gasteiger charge is 2.28. The number of methoxy groups -OCH3 is 1. The number of nitrogens with zero attached hydrogens (tertiary/aromatic N) is 3. The summed E-state index contributed by atoms with van der Waals surface area (Å²) in [6.45, 7) is 15.6. The van der Waals surface area contributed by atoms with Crippen LogP contribution in [0.1, 0.15) is 69.2 Å². The van der Waals surface area contributed by atoms with Gasteiger partial charge in [-0.25, -0.2) is 0 Å². The molecule has 44 heavy (non-hydrogen) atoms. The van der Waals surface area contributed by atoms with Crippen molar-refractivity contribution < 1.29 is 14.3 Å². The molecule has 4 rings (SSSR count). The molecule has 1 aromatic heterocycles. The van der Waals surface area contributed by atoms with Crippen LogP contribution in [0, 0.1) is 20.8 Å². The number of carbonyl (C=O) groups excluding carboxylic acids is 2. The van der Waals surface area contributed by atoms with Crippen LogP contribution in [0.25, 0.3) is 0 Å². The smallest absolute Gasteiger partial charge is 0.251 e. The molecule has 8 heteroatoms. The number of likely N-dealkylation sites (tertiary alicyclic amines) is 1. The van der Waals surface area contributed by atoms with E-state index in [1.54, 1.807) is 25.3 Å². The van der Waals surface area contributed by atoms with Crippen molar-refractivity contribution in [2.75, 3.05) is 38.2 Å². The van der Waals surface area contributed by atoms with E-state index in [1.807, 2.05) is 38.4 Å². The monoisotopic (exact) mass is 597 g/mol. The molecule has 1 atom stereocenters. The second kappa shape index (κ2) is 15.5. The minimum atomic E-state index is -0.167. The zero-order chi connectivity index (χ0) is 31.6. The number of ether oxygens (including phenoxy) is 1. The van der Waals surface area contributed by atoms with Crippen molar-refractivity contribution >= 4 is 17.5 Å². The molecule has 1 fully saturated rings. The van der Waals surface area contributed by atoms with E-state index in [4.69, 9.17) is 4.74 Å². The molecule has 0 unspecified atom stereocenters. The Morgan fingerprint density at radius 3 is 2.34 bits per heavy atom. The lowest BCUT2D eigenvalue weighted by molar-refractivity contribution is 0.0936. The number of aryl methyl sites for hydroxylation is 3. The van der Waals surface area contributed by atoms with Gasteiger partial charge in [0, 0.05) is 74.0 Å². The van der Waals surface area contributed by atoms with Crippen LogP contribution in [0.15, 0.2) is 67.5 Å². The predicted octanol–water partition coefficient (Wildman–Crippen LogP) is 5.61. The Hall–Kier alpha value is -4.17. The van der Waals surface area contributed by atoms with E-state index in [-0.39, 0.29) is 11.8 Å². The summed E-state index contributed by atoms with van der Waals surface area (Å²) in [5, 5.41) is 5.91. The van der Waals surface area contributed by atoms with Gasteiger partial charge < -0.3 is 25.2 Å². The molecule has 2 N–H and O–H groups in total. The van der Waals surface area contributed by atoms with Crippen molar-refractivity contribution in [3.05, 3.63) is 101 Å². The second-order valence-corrected chi connectivity index (χ2v) is 11.8. The maximum absolute atomic E-state index is 13.1. The van der Waals surface area contributed by atoms with Gasteiger partial charge >= 0.3 is 0 Å². The minimum absolute atomic E-state index is 0.0928. The Morgan fingerprint density at radius 2 is 1.73 bits per heavy atom. The molecule has 8 nitrogen and oxygen atoms in total. The molecule has 1 saturated heterocycles. The maximum atomic E-state index is 13.1. The Labute approximate surface area is 262 Å². The number of pyridine rings is 1. The number of amides is 2. The number of hydrogen-bond donors (Lipinski definition) is 2. The third-order valence-electron chi connectivity index (χ3n) is 8.73. The average Bonchev–Trinajstić information content (AvgIpc) is 3.03. The second-order valence-electron chi connectivity index (χ2n) is 11.8. The summed E-state index contributed by atoms with van der Waals surface area (Å²) < 4.78 is 5.40. The van der Waals surface area contributed by atoms with E-state index in [2.05, 4.69) is 64.0 Å². The van der Waals surface area contributed by atoms with E-state index >= 15 is 0 Å². The topological polar surface area (TPSA) is 86.8 Å². The quantitative estimate of drug-likeness (QED) is 0.249. The fraction of sp³-hybridized carbons (Fsp3) is 0.417. The van der Waals surface area contributed by atoms with Crippen molar-refractivity contribution in [3.63, 3.8) is 0 Å². The highest BCUT2D eigenvalue weighted by molar-refractivity contribution is 6.00. The summed E-state index contributed by atoms with van der Waals surface area (Å²) in [6, 6.07) is 14.8. The Balaban J connectivity index is 1.32. The third kappa shape index (κ3) is 8.26. The van der Waals surface area contributed by atoms with Crippen LogP contribution in [0.3, 0.4) is 0 Å². The van der Waals surface area contributed by atoms with Gasteiger partial charge in [-0.1, -0.05) is 6.08 Å². The summed E-state index contributed by atoms with van der Waals surface area (Å²) in [5.74, 6) is 0.598. The fourth-order valence-corrected chi connectivity index (χ4v) is 6.07. The Bertz CT molecular complexity index is 1410. The third-order valence-corrected chi connectivity index (χ3v) is 8.73. The summed E-state index contributed by atoms with van der Waals surface area (Å²) in [7, 11) is 1.70. The lowest BCUT2D eigenvalue weighted by Crippen LogP contribution is -2.48. The molecule has 0 bridgehead atoms. The first-order chi connectivity index (χ1) is 21.2. The van der Waals surface area contributed by atoms with E-state index < -0.39 is 0 Å². The molecule has 2 aromatic carbocycles. The van der Waals surface area contributed by atoms with Crippen LogP contribution in [0.4, 0.5) is 5.69 Å². The number of benzene rings is 2. The number of nitrogens with one attached hydrogen (secondary N) is 2. The van der Waals surface area contributed by atoms with Gasteiger partial charge in [0.05, 0.1) is 7.11 Å². The summed E-state index contributed by atoms with van der Waals surface area (Å²) in [6.07, 6.45) is 8.47. The zero-order valence-corrected chi connectivity index (χ0v) is 26.9. The number of carbonyl (C=O) groups is 2. The molecule has 2 amide bonds. The first kappa shape index (κ1) is 32.7. The number of anilines is 1. The molecule has 0 aliphatic carbocycles. The van der Waals surface area contributed by atoms with Crippen LogP contribution in [-0.2, 0) is 6.54 Å². The summed E-state index contributed by atoms with van der Waals surface area (Å²) in [4.78, 5) is 34.9. The van der Waals surface area contributed by atoms with Gasteiger partial charge in [0.1, 0.15) is 5.75 Å². The summed E-state index contributed by atoms with van der Waals surface area (Å²) in [5.41, 5.74) is 6.47. The Morgan fingerprint density at radius 1 is 1.05 bits per heavy atom. The minimum Gasteiger partial charge on any atom is -0.497 e. The lowest BCUT2D eigenvalue weighted by atomic mass is 9.98. The van der Waals surface area contributed by atoms with Crippen molar-refractivity contribution in [2.24, 2.45) is 0 Å². The van der Waals surface area contributed by atoms with Gasteiger partial charge in [-0.3, -0.25) is 14.6 Å². The van der Waals surface area contributed by atoms with Crippen molar-refractivity contribution in [3.8, 4) is 5.75 Å². The first-order valence-corrected chi connectivity index (χ1v) is 15.5. The highest BCUT2D eigenvalue weighted by atomic mass is 16.5. The van der Waals surface area contributed by atoms with Crippen molar-refractivity contribution in [1.29, 1.82) is 0 Å². The highest BCUT2D eigenvalue weighted by Crippen LogP contribution is 2.29. The average molecular weight is 598 g/mol. The molecule has 3 aromatic rings.